The highest BCUT2D eigenvalue weighted by molar-refractivity contribution is 5.82. The molecule has 0 aliphatic carbocycles. The lowest BCUT2D eigenvalue weighted by Gasteiger charge is -2.22. The number of ether oxygens (including phenoxy) is 2. The average molecular weight is 297 g/mol. The van der Waals surface area contributed by atoms with E-state index >= 15 is 0 Å². The van der Waals surface area contributed by atoms with Gasteiger partial charge in [0.2, 0.25) is 0 Å². The molecule has 120 valence electrons. The maximum atomic E-state index is 11.7. The summed E-state index contributed by atoms with van der Waals surface area (Å²) in [4.78, 5) is 18.2. The van der Waals surface area contributed by atoms with Crippen LogP contribution in [0.25, 0.3) is 0 Å². The summed E-state index contributed by atoms with van der Waals surface area (Å²) in [5.74, 6) is 0.965. The van der Waals surface area contributed by atoms with Crippen molar-refractivity contribution in [2.75, 3.05) is 40.4 Å². The van der Waals surface area contributed by atoms with Gasteiger partial charge in [0.1, 0.15) is 0 Å². The quantitative estimate of drug-likeness (QED) is 0.474. The second-order valence-corrected chi connectivity index (χ2v) is 5.91. The molecule has 2 aliphatic heterocycles. The number of hydrogen-bond acceptors (Lipinski definition) is 4. The van der Waals surface area contributed by atoms with Crippen molar-refractivity contribution in [2.24, 2.45) is 16.8 Å². The number of hydrogen-bond donors (Lipinski definition) is 1. The molecule has 0 spiro atoms. The van der Waals surface area contributed by atoms with Crippen molar-refractivity contribution in [1.29, 1.82) is 0 Å². The summed E-state index contributed by atoms with van der Waals surface area (Å²) < 4.78 is 10.5. The van der Waals surface area contributed by atoms with Gasteiger partial charge in [0.15, 0.2) is 5.96 Å². The minimum Gasteiger partial charge on any atom is -0.469 e. The fraction of sp³-hybridized carbons (Fsp3) is 0.867. The fourth-order valence-electron chi connectivity index (χ4n) is 3.15. The number of esters is 1. The zero-order chi connectivity index (χ0) is 15.2. The molecular weight excluding hydrogens is 270 g/mol. The van der Waals surface area contributed by atoms with Crippen molar-refractivity contribution in [3.05, 3.63) is 0 Å². The van der Waals surface area contributed by atoms with Crippen LogP contribution in [0.5, 0.6) is 0 Å². The van der Waals surface area contributed by atoms with Crippen LogP contribution in [0.2, 0.25) is 0 Å². The molecule has 3 unspecified atom stereocenters. The summed E-state index contributed by atoms with van der Waals surface area (Å²) in [6.45, 7) is 5.34. The smallest absolute Gasteiger partial charge is 0.310 e. The molecule has 2 saturated heterocycles. The van der Waals surface area contributed by atoms with Crippen LogP contribution < -0.4 is 5.32 Å². The summed E-state index contributed by atoms with van der Waals surface area (Å²) in [6, 6.07) is 0. The number of aliphatic imine (C=N–C) groups is 1. The van der Waals surface area contributed by atoms with Crippen molar-refractivity contribution in [2.45, 2.75) is 32.3 Å². The van der Waals surface area contributed by atoms with Gasteiger partial charge in [-0.1, -0.05) is 6.92 Å². The third-order valence-corrected chi connectivity index (χ3v) is 4.40. The van der Waals surface area contributed by atoms with Gasteiger partial charge in [-0.05, 0) is 25.2 Å². The van der Waals surface area contributed by atoms with Crippen LogP contribution >= 0.6 is 0 Å². The van der Waals surface area contributed by atoms with Crippen LogP contribution in [0.3, 0.4) is 0 Å². The molecule has 2 rings (SSSR count). The van der Waals surface area contributed by atoms with Crippen LogP contribution in [-0.2, 0) is 14.3 Å². The van der Waals surface area contributed by atoms with Crippen molar-refractivity contribution in [1.82, 2.24) is 10.2 Å². The number of carbonyl (C=O) groups is 1. The van der Waals surface area contributed by atoms with Gasteiger partial charge in [0, 0.05) is 33.3 Å². The molecule has 6 heteroatoms. The summed E-state index contributed by atoms with van der Waals surface area (Å²) in [5, 5.41) is 3.38. The van der Waals surface area contributed by atoms with Gasteiger partial charge in [0.25, 0.3) is 0 Å². The van der Waals surface area contributed by atoms with E-state index in [1.165, 1.54) is 13.5 Å². The van der Waals surface area contributed by atoms with Gasteiger partial charge in [-0.25, -0.2) is 0 Å². The molecule has 0 radical (unpaired) electrons. The lowest BCUT2D eigenvalue weighted by Crippen LogP contribution is -2.41. The highest BCUT2D eigenvalue weighted by Gasteiger charge is 2.36. The Kier molecular flexibility index (Phi) is 5.85. The number of rotatable bonds is 4. The SMILES string of the molecule is CN=C(NCCC1CCCO1)N1CC(C)C(C(=O)OC)C1. The van der Waals surface area contributed by atoms with Crippen molar-refractivity contribution in [3.8, 4) is 0 Å². The summed E-state index contributed by atoms with van der Waals surface area (Å²) in [6.07, 6.45) is 3.72. The number of guanidine groups is 1. The molecule has 0 bridgehead atoms. The summed E-state index contributed by atoms with van der Waals surface area (Å²) in [7, 11) is 3.23. The van der Waals surface area contributed by atoms with Gasteiger partial charge in [0.05, 0.1) is 19.1 Å². The highest BCUT2D eigenvalue weighted by Crippen LogP contribution is 2.24. The minimum absolute atomic E-state index is 0.0632. The molecule has 21 heavy (non-hydrogen) atoms. The normalized spacial score (nSPS) is 29.8. The van der Waals surface area contributed by atoms with E-state index in [2.05, 4.69) is 22.1 Å². The van der Waals surface area contributed by atoms with Crippen LogP contribution in [-0.4, -0.2) is 63.3 Å². The lowest BCUT2D eigenvalue weighted by atomic mass is 9.99. The molecule has 0 aromatic heterocycles. The van der Waals surface area contributed by atoms with E-state index < -0.39 is 0 Å². The third kappa shape index (κ3) is 4.09. The molecule has 0 amide bonds. The Morgan fingerprint density at radius 1 is 1.48 bits per heavy atom. The van der Waals surface area contributed by atoms with E-state index in [1.54, 1.807) is 7.05 Å². The van der Waals surface area contributed by atoms with Gasteiger partial charge in [-0.15, -0.1) is 0 Å². The second kappa shape index (κ2) is 7.64. The molecule has 0 aromatic rings. The maximum Gasteiger partial charge on any atom is 0.310 e. The zero-order valence-electron chi connectivity index (χ0n) is 13.3. The summed E-state index contributed by atoms with van der Waals surface area (Å²) >= 11 is 0. The monoisotopic (exact) mass is 297 g/mol. The molecule has 3 atom stereocenters. The van der Waals surface area contributed by atoms with E-state index in [4.69, 9.17) is 9.47 Å². The van der Waals surface area contributed by atoms with Gasteiger partial charge >= 0.3 is 5.97 Å². The molecule has 2 fully saturated rings. The van der Waals surface area contributed by atoms with Crippen molar-refractivity contribution in [3.63, 3.8) is 0 Å². The number of nitrogens with one attached hydrogen (secondary N) is 1. The Hall–Kier alpha value is -1.30. The van der Waals surface area contributed by atoms with Crippen LogP contribution in [0.15, 0.2) is 4.99 Å². The molecule has 1 N–H and O–H groups in total. The Labute approximate surface area is 126 Å². The van der Waals surface area contributed by atoms with Crippen LogP contribution in [0.1, 0.15) is 26.2 Å². The van der Waals surface area contributed by atoms with E-state index in [9.17, 15) is 4.79 Å². The Bertz CT molecular complexity index is 380. The standard InChI is InChI=1S/C15H27N3O3/c1-11-9-18(10-13(11)14(19)20-3)15(16-2)17-7-6-12-5-4-8-21-12/h11-13H,4-10H2,1-3H3,(H,16,17). The van der Waals surface area contributed by atoms with Crippen molar-refractivity contribution < 1.29 is 14.3 Å². The first-order valence-corrected chi connectivity index (χ1v) is 7.80. The first kappa shape index (κ1) is 16.1. The molecule has 0 aromatic carbocycles. The first-order valence-electron chi connectivity index (χ1n) is 7.80. The topological polar surface area (TPSA) is 63.2 Å². The van der Waals surface area contributed by atoms with E-state index in [0.717, 1.165) is 38.5 Å². The predicted molar refractivity (Wildman–Crippen MR) is 81.2 cm³/mol. The predicted octanol–water partition coefficient (Wildman–Crippen LogP) is 0.872. The van der Waals surface area contributed by atoms with E-state index in [0.29, 0.717) is 12.6 Å². The number of carbonyl (C=O) groups excluding carboxylic acids is 1. The molecule has 0 saturated carbocycles. The first-order chi connectivity index (χ1) is 10.2. The molecular formula is C15H27N3O3. The molecule has 2 heterocycles. The lowest BCUT2D eigenvalue weighted by molar-refractivity contribution is -0.145. The minimum atomic E-state index is -0.125. The number of likely N-dealkylation sites (tertiary alicyclic amines) is 1. The number of methoxy groups -OCH3 is 1. The van der Waals surface area contributed by atoms with E-state index in [1.807, 2.05) is 0 Å². The van der Waals surface area contributed by atoms with Crippen molar-refractivity contribution >= 4 is 11.9 Å². The highest BCUT2D eigenvalue weighted by atomic mass is 16.5. The number of nitrogens with zero attached hydrogens (tertiary/aromatic N) is 2. The van der Waals surface area contributed by atoms with Gasteiger partial charge in [-0.2, -0.15) is 0 Å². The van der Waals surface area contributed by atoms with Crippen LogP contribution in [0.4, 0.5) is 0 Å². The van der Waals surface area contributed by atoms with E-state index in [-0.39, 0.29) is 17.8 Å². The average Bonchev–Trinajstić information content (AvgIpc) is 3.12. The largest absolute Gasteiger partial charge is 0.469 e. The third-order valence-electron chi connectivity index (χ3n) is 4.40. The van der Waals surface area contributed by atoms with Gasteiger partial charge < -0.3 is 19.7 Å². The fourth-order valence-corrected chi connectivity index (χ4v) is 3.15. The second-order valence-electron chi connectivity index (χ2n) is 5.91. The summed E-state index contributed by atoms with van der Waals surface area (Å²) in [5.41, 5.74) is 0. The Morgan fingerprint density at radius 2 is 2.29 bits per heavy atom. The van der Waals surface area contributed by atoms with Crippen LogP contribution in [0, 0.1) is 11.8 Å². The molecule has 2 aliphatic rings. The zero-order valence-corrected chi connectivity index (χ0v) is 13.3. The Balaban J connectivity index is 1.80. The molecule has 6 nitrogen and oxygen atoms in total. The maximum absolute atomic E-state index is 11.7. The van der Waals surface area contributed by atoms with Gasteiger partial charge in [-0.3, -0.25) is 9.79 Å². The Morgan fingerprint density at radius 3 is 2.90 bits per heavy atom.